The summed E-state index contributed by atoms with van der Waals surface area (Å²) in [6, 6.07) is 1.94. The van der Waals surface area contributed by atoms with Gasteiger partial charge in [-0.3, -0.25) is 0 Å². The zero-order chi connectivity index (χ0) is 13.0. The molecule has 0 aliphatic heterocycles. The Bertz CT molecular complexity index is 386. The van der Waals surface area contributed by atoms with Crippen LogP contribution < -0.4 is 5.73 Å². The minimum Gasteiger partial charge on any atom is -0.370 e. The minimum absolute atomic E-state index is 0.281. The van der Waals surface area contributed by atoms with E-state index in [-0.39, 0.29) is 5.60 Å². The molecule has 4 heteroatoms. The molecule has 1 aliphatic rings. The highest BCUT2D eigenvalue weighted by Crippen LogP contribution is 2.40. The molecular formula is C14H23N3O. The summed E-state index contributed by atoms with van der Waals surface area (Å²) in [6.45, 7) is 2.92. The lowest BCUT2D eigenvalue weighted by Gasteiger charge is -2.36. The molecule has 1 aromatic rings. The van der Waals surface area contributed by atoms with Crippen molar-refractivity contribution in [2.45, 2.75) is 44.6 Å². The number of aromatic nitrogens is 2. The number of nitrogens with zero attached hydrogens (tertiary/aromatic N) is 2. The van der Waals surface area contributed by atoms with E-state index in [1.54, 1.807) is 7.11 Å². The number of methoxy groups -OCH3 is 1. The van der Waals surface area contributed by atoms with Gasteiger partial charge in [-0.25, -0.2) is 9.97 Å². The van der Waals surface area contributed by atoms with E-state index >= 15 is 0 Å². The predicted octanol–water partition coefficient (Wildman–Crippen LogP) is 2.03. The molecule has 0 radical (unpaired) electrons. The molecule has 1 aliphatic carbocycles. The summed E-state index contributed by atoms with van der Waals surface area (Å²) < 4.78 is 5.79. The van der Waals surface area contributed by atoms with Gasteiger partial charge >= 0.3 is 0 Å². The van der Waals surface area contributed by atoms with E-state index in [1.807, 2.05) is 12.3 Å². The molecule has 1 aromatic heterocycles. The Morgan fingerprint density at radius 3 is 2.78 bits per heavy atom. The zero-order valence-corrected chi connectivity index (χ0v) is 11.4. The van der Waals surface area contributed by atoms with Crippen LogP contribution in [0.1, 0.15) is 44.1 Å². The summed E-state index contributed by atoms with van der Waals surface area (Å²) in [5.74, 6) is 1.61. The molecular weight excluding hydrogens is 226 g/mol. The summed E-state index contributed by atoms with van der Waals surface area (Å²) in [5.41, 5.74) is 6.31. The fourth-order valence-corrected chi connectivity index (χ4v) is 2.65. The van der Waals surface area contributed by atoms with Crippen LogP contribution in [0, 0.1) is 5.92 Å². The first-order valence-electron chi connectivity index (χ1n) is 6.78. The number of ether oxygens (including phenoxy) is 1. The van der Waals surface area contributed by atoms with E-state index in [2.05, 4.69) is 16.9 Å². The third-order valence-corrected chi connectivity index (χ3v) is 3.99. The standard InChI is InChI=1S/C14H23N3O/c1-11-3-7-14(18-2,8-4-11)13-16-10-6-12(17-13)5-9-15/h6,10-11H,3-5,7-9,15H2,1-2H3. The number of hydrogen-bond acceptors (Lipinski definition) is 4. The minimum atomic E-state index is -0.281. The molecule has 0 aromatic carbocycles. The molecule has 0 bridgehead atoms. The average molecular weight is 249 g/mol. The molecule has 0 atom stereocenters. The van der Waals surface area contributed by atoms with Crippen molar-refractivity contribution in [1.29, 1.82) is 0 Å². The highest BCUT2D eigenvalue weighted by molar-refractivity contribution is 5.10. The second kappa shape index (κ2) is 5.76. The number of hydrogen-bond donors (Lipinski definition) is 1. The van der Waals surface area contributed by atoms with Crippen LogP contribution >= 0.6 is 0 Å². The van der Waals surface area contributed by atoms with Crippen LogP contribution in [0.4, 0.5) is 0 Å². The fraction of sp³-hybridized carbons (Fsp3) is 0.714. The maximum atomic E-state index is 5.79. The van der Waals surface area contributed by atoms with Crippen molar-refractivity contribution in [3.05, 3.63) is 23.8 Å². The third kappa shape index (κ3) is 2.70. The van der Waals surface area contributed by atoms with Gasteiger partial charge in [0.25, 0.3) is 0 Å². The lowest BCUT2D eigenvalue weighted by atomic mass is 9.79. The van der Waals surface area contributed by atoms with Crippen LogP contribution in [-0.2, 0) is 16.8 Å². The van der Waals surface area contributed by atoms with Gasteiger partial charge in [-0.2, -0.15) is 0 Å². The van der Waals surface area contributed by atoms with E-state index in [1.165, 1.54) is 12.8 Å². The molecule has 1 saturated carbocycles. The van der Waals surface area contributed by atoms with E-state index in [9.17, 15) is 0 Å². The second-order valence-corrected chi connectivity index (χ2v) is 5.29. The smallest absolute Gasteiger partial charge is 0.160 e. The Hall–Kier alpha value is -1.00. The van der Waals surface area contributed by atoms with E-state index < -0.39 is 0 Å². The van der Waals surface area contributed by atoms with Gasteiger partial charge in [0.2, 0.25) is 0 Å². The van der Waals surface area contributed by atoms with E-state index in [0.717, 1.165) is 36.7 Å². The van der Waals surface area contributed by atoms with Crippen molar-refractivity contribution >= 4 is 0 Å². The fourth-order valence-electron chi connectivity index (χ4n) is 2.65. The first kappa shape index (κ1) is 13.4. The maximum Gasteiger partial charge on any atom is 0.160 e. The molecule has 4 nitrogen and oxygen atoms in total. The largest absolute Gasteiger partial charge is 0.370 e. The van der Waals surface area contributed by atoms with Crippen LogP contribution in [0.3, 0.4) is 0 Å². The summed E-state index contributed by atoms with van der Waals surface area (Å²) in [5, 5.41) is 0. The monoisotopic (exact) mass is 249 g/mol. The molecule has 100 valence electrons. The summed E-state index contributed by atoms with van der Waals surface area (Å²) in [7, 11) is 1.77. The van der Waals surface area contributed by atoms with Crippen molar-refractivity contribution in [2.75, 3.05) is 13.7 Å². The first-order valence-corrected chi connectivity index (χ1v) is 6.78. The maximum absolute atomic E-state index is 5.79. The number of nitrogens with two attached hydrogens (primary N) is 1. The van der Waals surface area contributed by atoms with Gasteiger partial charge in [-0.15, -0.1) is 0 Å². The summed E-state index contributed by atoms with van der Waals surface area (Å²) in [4.78, 5) is 9.07. The van der Waals surface area contributed by atoms with Crippen LogP contribution in [0.25, 0.3) is 0 Å². The van der Waals surface area contributed by atoms with Gasteiger partial charge < -0.3 is 10.5 Å². The summed E-state index contributed by atoms with van der Waals surface area (Å²) >= 11 is 0. The van der Waals surface area contributed by atoms with Crippen LogP contribution in [0.15, 0.2) is 12.3 Å². The van der Waals surface area contributed by atoms with Gasteiger partial charge in [0, 0.05) is 25.4 Å². The SMILES string of the molecule is COC1(c2nccc(CCN)n2)CCC(C)CC1. The molecule has 18 heavy (non-hydrogen) atoms. The van der Waals surface area contributed by atoms with Gasteiger partial charge in [-0.05, 0) is 44.2 Å². The number of rotatable bonds is 4. The first-order chi connectivity index (χ1) is 8.70. The molecule has 1 fully saturated rings. The normalized spacial score (nSPS) is 28.3. The highest BCUT2D eigenvalue weighted by atomic mass is 16.5. The molecule has 0 amide bonds. The second-order valence-electron chi connectivity index (χ2n) is 5.29. The van der Waals surface area contributed by atoms with Crippen molar-refractivity contribution in [1.82, 2.24) is 9.97 Å². The van der Waals surface area contributed by atoms with E-state index in [4.69, 9.17) is 10.5 Å². The average Bonchev–Trinajstić information content (AvgIpc) is 2.41. The Kier molecular flexibility index (Phi) is 4.30. The molecule has 0 saturated heterocycles. The topological polar surface area (TPSA) is 61.0 Å². The van der Waals surface area contributed by atoms with E-state index in [0.29, 0.717) is 6.54 Å². The molecule has 2 N–H and O–H groups in total. The van der Waals surface area contributed by atoms with Crippen LogP contribution in [-0.4, -0.2) is 23.6 Å². The van der Waals surface area contributed by atoms with Crippen LogP contribution in [0.2, 0.25) is 0 Å². The molecule has 1 heterocycles. The van der Waals surface area contributed by atoms with Gasteiger partial charge in [-0.1, -0.05) is 6.92 Å². The Morgan fingerprint density at radius 2 is 2.17 bits per heavy atom. The molecule has 0 spiro atoms. The zero-order valence-electron chi connectivity index (χ0n) is 11.4. The highest BCUT2D eigenvalue weighted by Gasteiger charge is 2.38. The molecule has 2 rings (SSSR count). The predicted molar refractivity (Wildman–Crippen MR) is 71.1 cm³/mol. The lowest BCUT2D eigenvalue weighted by molar-refractivity contribution is -0.0598. The summed E-state index contributed by atoms with van der Waals surface area (Å²) in [6.07, 6.45) is 7.00. The van der Waals surface area contributed by atoms with Crippen molar-refractivity contribution in [2.24, 2.45) is 11.7 Å². The quantitative estimate of drug-likeness (QED) is 0.887. The van der Waals surface area contributed by atoms with Crippen molar-refractivity contribution in [3.8, 4) is 0 Å². The Labute approximate surface area is 109 Å². The third-order valence-electron chi connectivity index (χ3n) is 3.99. The van der Waals surface area contributed by atoms with Crippen LogP contribution in [0.5, 0.6) is 0 Å². The van der Waals surface area contributed by atoms with Gasteiger partial charge in [0.1, 0.15) is 5.60 Å². The molecule has 0 unspecified atom stereocenters. The van der Waals surface area contributed by atoms with Crippen molar-refractivity contribution < 1.29 is 4.74 Å². The Balaban J connectivity index is 2.24. The van der Waals surface area contributed by atoms with Gasteiger partial charge in [0.15, 0.2) is 5.82 Å². The van der Waals surface area contributed by atoms with Crippen molar-refractivity contribution in [3.63, 3.8) is 0 Å². The Morgan fingerprint density at radius 1 is 1.44 bits per heavy atom. The van der Waals surface area contributed by atoms with Gasteiger partial charge in [0.05, 0.1) is 0 Å². The lowest BCUT2D eigenvalue weighted by Crippen LogP contribution is -2.35.